The average Bonchev–Trinajstić information content (AvgIpc) is 2.27. The third-order valence-electron chi connectivity index (χ3n) is 2.99. The number of pyridine rings is 1. The van der Waals surface area contributed by atoms with Crippen molar-refractivity contribution in [3.05, 3.63) is 18.3 Å². The van der Waals surface area contributed by atoms with Crippen molar-refractivity contribution < 1.29 is 9.53 Å². The number of hydrogen-bond donors (Lipinski definition) is 2. The predicted octanol–water partition coefficient (Wildman–Crippen LogP) is 2.01. The van der Waals surface area contributed by atoms with Gasteiger partial charge in [0.25, 0.3) is 0 Å². The van der Waals surface area contributed by atoms with Gasteiger partial charge in [0.1, 0.15) is 5.69 Å². The van der Waals surface area contributed by atoms with Gasteiger partial charge in [-0.1, -0.05) is 6.42 Å². The number of amides is 2. The molecule has 1 aromatic rings. The molecule has 1 aliphatic carbocycles. The summed E-state index contributed by atoms with van der Waals surface area (Å²) >= 11 is 0. The fraction of sp³-hybridized carbons (Fsp3) is 0.500. The molecule has 0 spiro atoms. The standard InChI is InChI=1S/C12H17N3O2/c1-17-11-10(6-3-7-13-11)15-12(16)14-8-9-4-2-5-9/h3,6-7,9H,2,4-5,8H2,1H3,(H2,14,15,16). The van der Waals surface area contributed by atoms with Gasteiger partial charge in [-0.2, -0.15) is 0 Å². The molecule has 0 radical (unpaired) electrons. The predicted molar refractivity (Wildman–Crippen MR) is 65.2 cm³/mol. The van der Waals surface area contributed by atoms with Crippen molar-refractivity contribution in [1.29, 1.82) is 0 Å². The number of carbonyl (C=O) groups excluding carboxylic acids is 1. The number of nitrogens with one attached hydrogen (secondary N) is 2. The Balaban J connectivity index is 1.84. The number of rotatable bonds is 4. The second-order valence-electron chi connectivity index (χ2n) is 4.19. The monoisotopic (exact) mass is 235 g/mol. The van der Waals surface area contributed by atoms with Crippen LogP contribution in [0.5, 0.6) is 5.88 Å². The highest BCUT2D eigenvalue weighted by Gasteiger charge is 2.18. The van der Waals surface area contributed by atoms with E-state index in [1.807, 2.05) is 0 Å². The molecule has 5 nitrogen and oxygen atoms in total. The lowest BCUT2D eigenvalue weighted by molar-refractivity contribution is 0.243. The smallest absolute Gasteiger partial charge is 0.319 e. The van der Waals surface area contributed by atoms with Crippen LogP contribution in [0.3, 0.4) is 0 Å². The lowest BCUT2D eigenvalue weighted by Crippen LogP contribution is -2.35. The third-order valence-corrected chi connectivity index (χ3v) is 2.99. The van der Waals surface area contributed by atoms with Crippen molar-refractivity contribution in [1.82, 2.24) is 10.3 Å². The Bertz CT molecular complexity index is 391. The minimum atomic E-state index is -0.205. The molecule has 0 atom stereocenters. The van der Waals surface area contributed by atoms with Gasteiger partial charge in [0, 0.05) is 12.7 Å². The highest BCUT2D eigenvalue weighted by atomic mass is 16.5. The van der Waals surface area contributed by atoms with Gasteiger partial charge in [-0.15, -0.1) is 0 Å². The van der Waals surface area contributed by atoms with E-state index in [2.05, 4.69) is 15.6 Å². The normalized spacial score (nSPS) is 14.9. The molecule has 2 amide bonds. The summed E-state index contributed by atoms with van der Waals surface area (Å²) in [6, 6.07) is 3.31. The van der Waals surface area contributed by atoms with Gasteiger partial charge in [-0.3, -0.25) is 0 Å². The van der Waals surface area contributed by atoms with E-state index in [1.54, 1.807) is 18.3 Å². The largest absolute Gasteiger partial charge is 0.480 e. The number of carbonyl (C=O) groups is 1. The van der Waals surface area contributed by atoms with Crippen LogP contribution in [-0.2, 0) is 0 Å². The van der Waals surface area contributed by atoms with Gasteiger partial charge in [0.05, 0.1) is 7.11 Å². The first-order valence-electron chi connectivity index (χ1n) is 5.83. The van der Waals surface area contributed by atoms with Crippen molar-refractivity contribution in [3.63, 3.8) is 0 Å². The number of aromatic nitrogens is 1. The van der Waals surface area contributed by atoms with E-state index in [1.165, 1.54) is 26.4 Å². The Morgan fingerprint density at radius 1 is 1.59 bits per heavy atom. The highest BCUT2D eigenvalue weighted by Crippen LogP contribution is 2.25. The molecule has 92 valence electrons. The topological polar surface area (TPSA) is 63.2 Å². The van der Waals surface area contributed by atoms with Gasteiger partial charge in [0.2, 0.25) is 5.88 Å². The first-order chi connectivity index (χ1) is 8.29. The molecule has 1 heterocycles. The van der Waals surface area contributed by atoms with Crippen LogP contribution in [-0.4, -0.2) is 24.7 Å². The van der Waals surface area contributed by atoms with E-state index in [9.17, 15) is 4.79 Å². The summed E-state index contributed by atoms with van der Waals surface area (Å²) in [6.45, 7) is 0.744. The fourth-order valence-electron chi connectivity index (χ4n) is 1.75. The Morgan fingerprint density at radius 3 is 3.06 bits per heavy atom. The van der Waals surface area contributed by atoms with Crippen LogP contribution >= 0.6 is 0 Å². The maximum Gasteiger partial charge on any atom is 0.319 e. The number of nitrogens with zero attached hydrogens (tertiary/aromatic N) is 1. The second-order valence-corrected chi connectivity index (χ2v) is 4.19. The van der Waals surface area contributed by atoms with Gasteiger partial charge in [0.15, 0.2) is 0 Å². The average molecular weight is 235 g/mol. The van der Waals surface area contributed by atoms with Gasteiger partial charge < -0.3 is 15.4 Å². The molecule has 0 bridgehead atoms. The fourth-order valence-corrected chi connectivity index (χ4v) is 1.75. The van der Waals surface area contributed by atoms with E-state index in [0.717, 1.165) is 6.54 Å². The van der Waals surface area contributed by atoms with Gasteiger partial charge >= 0.3 is 6.03 Å². The minimum Gasteiger partial charge on any atom is -0.480 e. The van der Waals surface area contributed by atoms with Gasteiger partial charge in [-0.05, 0) is 30.9 Å². The van der Waals surface area contributed by atoms with E-state index in [0.29, 0.717) is 17.5 Å². The van der Waals surface area contributed by atoms with Crippen LogP contribution < -0.4 is 15.4 Å². The van der Waals surface area contributed by atoms with Crippen LogP contribution in [0.25, 0.3) is 0 Å². The maximum atomic E-state index is 11.6. The van der Waals surface area contributed by atoms with E-state index in [-0.39, 0.29) is 6.03 Å². The Kier molecular flexibility index (Phi) is 3.80. The van der Waals surface area contributed by atoms with E-state index < -0.39 is 0 Å². The summed E-state index contributed by atoms with van der Waals surface area (Å²) in [4.78, 5) is 15.6. The summed E-state index contributed by atoms with van der Waals surface area (Å²) in [5.74, 6) is 1.07. The number of methoxy groups -OCH3 is 1. The quantitative estimate of drug-likeness (QED) is 0.839. The van der Waals surface area contributed by atoms with Crippen molar-refractivity contribution in [3.8, 4) is 5.88 Å². The highest BCUT2D eigenvalue weighted by molar-refractivity contribution is 5.90. The molecule has 17 heavy (non-hydrogen) atoms. The second kappa shape index (κ2) is 5.52. The first kappa shape index (κ1) is 11.7. The number of hydrogen-bond acceptors (Lipinski definition) is 3. The van der Waals surface area contributed by atoms with Crippen molar-refractivity contribution in [2.45, 2.75) is 19.3 Å². The summed E-state index contributed by atoms with van der Waals surface area (Å²) in [5, 5.41) is 5.58. The van der Waals surface area contributed by atoms with E-state index in [4.69, 9.17) is 4.74 Å². The van der Waals surface area contributed by atoms with Crippen molar-refractivity contribution in [2.75, 3.05) is 19.0 Å². The van der Waals surface area contributed by atoms with Crippen LogP contribution in [0, 0.1) is 5.92 Å². The number of ether oxygens (including phenoxy) is 1. The zero-order valence-corrected chi connectivity index (χ0v) is 9.90. The number of anilines is 1. The van der Waals surface area contributed by atoms with Crippen molar-refractivity contribution >= 4 is 11.7 Å². The first-order valence-corrected chi connectivity index (χ1v) is 5.83. The summed E-state index contributed by atoms with van der Waals surface area (Å²) in [5.41, 5.74) is 0.584. The molecule has 1 fully saturated rings. The van der Waals surface area contributed by atoms with Crippen LogP contribution in [0.15, 0.2) is 18.3 Å². The Morgan fingerprint density at radius 2 is 2.41 bits per heavy atom. The zero-order valence-electron chi connectivity index (χ0n) is 9.90. The van der Waals surface area contributed by atoms with E-state index >= 15 is 0 Å². The molecule has 1 aliphatic rings. The summed E-state index contributed by atoms with van der Waals surface area (Å²) < 4.78 is 5.05. The molecule has 1 aromatic heterocycles. The molecule has 1 saturated carbocycles. The summed E-state index contributed by atoms with van der Waals surface area (Å²) in [7, 11) is 1.53. The third kappa shape index (κ3) is 3.09. The molecule has 0 unspecified atom stereocenters. The van der Waals surface area contributed by atoms with Gasteiger partial charge in [-0.25, -0.2) is 9.78 Å². The molecule has 2 N–H and O–H groups in total. The molecule has 0 aromatic carbocycles. The van der Waals surface area contributed by atoms with Crippen molar-refractivity contribution in [2.24, 2.45) is 5.92 Å². The lowest BCUT2D eigenvalue weighted by atomic mass is 9.85. The molecule has 0 aliphatic heterocycles. The van der Waals surface area contributed by atoms with Crippen LogP contribution in [0.2, 0.25) is 0 Å². The summed E-state index contributed by atoms with van der Waals surface area (Å²) in [6.07, 6.45) is 5.34. The Labute approximate surface area is 101 Å². The van der Waals surface area contributed by atoms with Crippen LogP contribution in [0.1, 0.15) is 19.3 Å². The Hall–Kier alpha value is -1.78. The van der Waals surface area contributed by atoms with Crippen LogP contribution in [0.4, 0.5) is 10.5 Å². The maximum absolute atomic E-state index is 11.6. The SMILES string of the molecule is COc1ncccc1NC(=O)NCC1CCC1. The lowest BCUT2D eigenvalue weighted by Gasteiger charge is -2.25. The molecule has 5 heteroatoms. The zero-order chi connectivity index (χ0) is 12.1. The number of urea groups is 1. The molecular weight excluding hydrogens is 218 g/mol. The molecular formula is C12H17N3O2. The molecule has 0 saturated heterocycles. The molecule has 2 rings (SSSR count). The minimum absolute atomic E-state index is 0.205.